The van der Waals surface area contributed by atoms with Gasteiger partial charge < -0.3 is 10.0 Å². The highest BCUT2D eigenvalue weighted by Crippen LogP contribution is 2.29. The van der Waals surface area contributed by atoms with Crippen LogP contribution in [-0.4, -0.2) is 36.8 Å². The summed E-state index contributed by atoms with van der Waals surface area (Å²) >= 11 is 0. The van der Waals surface area contributed by atoms with Gasteiger partial charge in [-0.1, -0.05) is 0 Å². The Balaban J connectivity index is 2.27. The van der Waals surface area contributed by atoms with E-state index >= 15 is 0 Å². The van der Waals surface area contributed by atoms with Crippen LogP contribution in [-0.2, 0) is 0 Å². The predicted octanol–water partition coefficient (Wildman–Crippen LogP) is 0.319. The number of hydrogen-bond acceptors (Lipinski definition) is 2. The van der Waals surface area contributed by atoms with Gasteiger partial charge in [-0.15, -0.1) is 0 Å². The summed E-state index contributed by atoms with van der Waals surface area (Å²) in [6.07, 6.45) is 2.47. The van der Waals surface area contributed by atoms with Crippen LogP contribution in [0.15, 0.2) is 0 Å². The minimum atomic E-state index is 0.364. The molecule has 1 N–H and O–H groups in total. The van der Waals surface area contributed by atoms with Gasteiger partial charge in [-0.2, -0.15) is 0 Å². The molecule has 1 aliphatic carbocycles. The van der Waals surface area contributed by atoms with Crippen molar-refractivity contribution < 1.29 is 5.11 Å². The molecule has 0 amide bonds. The van der Waals surface area contributed by atoms with Crippen molar-refractivity contribution in [1.29, 1.82) is 0 Å². The molecule has 0 bridgehead atoms. The lowest BCUT2D eigenvalue weighted by Crippen LogP contribution is -2.44. The Morgan fingerprint density at radius 1 is 1.44 bits per heavy atom. The quantitative estimate of drug-likeness (QED) is 0.580. The molecule has 54 valence electrons. The van der Waals surface area contributed by atoms with Crippen molar-refractivity contribution in [3.63, 3.8) is 0 Å². The molecule has 0 saturated heterocycles. The Hall–Kier alpha value is -0.0800. The maximum absolute atomic E-state index is 8.78. The first-order valence-electron chi connectivity index (χ1n) is 3.53. The van der Waals surface area contributed by atoms with Gasteiger partial charge in [-0.05, 0) is 32.9 Å². The van der Waals surface area contributed by atoms with Gasteiger partial charge in [0.2, 0.25) is 0 Å². The second-order valence-electron chi connectivity index (χ2n) is 3.05. The van der Waals surface area contributed by atoms with Gasteiger partial charge in [0.25, 0.3) is 0 Å². The minimum absolute atomic E-state index is 0.364. The van der Waals surface area contributed by atoms with E-state index in [0.29, 0.717) is 18.6 Å². The second-order valence-corrected chi connectivity index (χ2v) is 3.05. The third kappa shape index (κ3) is 1.25. The van der Waals surface area contributed by atoms with Crippen LogP contribution in [0, 0.1) is 5.92 Å². The molecule has 0 radical (unpaired) electrons. The minimum Gasteiger partial charge on any atom is -0.396 e. The van der Waals surface area contributed by atoms with E-state index in [0.717, 1.165) is 0 Å². The van der Waals surface area contributed by atoms with Gasteiger partial charge >= 0.3 is 0 Å². The van der Waals surface area contributed by atoms with E-state index in [1.165, 1.54) is 12.8 Å². The molecule has 1 saturated carbocycles. The first kappa shape index (κ1) is 7.03. The number of aliphatic hydroxyl groups is 1. The van der Waals surface area contributed by atoms with E-state index in [1.54, 1.807) is 0 Å². The molecule has 0 spiro atoms. The second kappa shape index (κ2) is 2.67. The van der Waals surface area contributed by atoms with Crippen LogP contribution in [0.1, 0.15) is 12.8 Å². The fourth-order valence-corrected chi connectivity index (χ4v) is 1.44. The zero-order valence-electron chi connectivity index (χ0n) is 6.17. The molecular weight excluding hydrogens is 114 g/mol. The zero-order chi connectivity index (χ0) is 6.85. The van der Waals surface area contributed by atoms with E-state index in [4.69, 9.17) is 5.11 Å². The summed E-state index contributed by atoms with van der Waals surface area (Å²) in [4.78, 5) is 2.20. The molecule has 0 aromatic heterocycles. The number of aliphatic hydroxyl groups excluding tert-OH is 1. The van der Waals surface area contributed by atoms with Crippen LogP contribution in [0.3, 0.4) is 0 Å². The Bertz CT molecular complexity index is 90.9. The average Bonchev–Trinajstić information content (AvgIpc) is 1.61. The fourth-order valence-electron chi connectivity index (χ4n) is 1.44. The molecule has 1 aliphatic rings. The number of nitrogens with zero attached hydrogens (tertiary/aromatic N) is 1. The van der Waals surface area contributed by atoms with E-state index in [9.17, 15) is 0 Å². The molecule has 0 aliphatic heterocycles. The average molecular weight is 129 g/mol. The SMILES string of the molecule is CN(C)[C@H]1CC[C@@H]1CO. The van der Waals surface area contributed by atoms with Crippen molar-refractivity contribution in [2.45, 2.75) is 18.9 Å². The third-order valence-corrected chi connectivity index (χ3v) is 2.28. The topological polar surface area (TPSA) is 23.5 Å². The van der Waals surface area contributed by atoms with Crippen LogP contribution in [0.4, 0.5) is 0 Å². The lowest BCUT2D eigenvalue weighted by atomic mass is 9.79. The van der Waals surface area contributed by atoms with Crippen molar-refractivity contribution in [2.75, 3.05) is 20.7 Å². The van der Waals surface area contributed by atoms with Crippen LogP contribution < -0.4 is 0 Å². The summed E-state index contributed by atoms with van der Waals surface area (Å²) < 4.78 is 0. The predicted molar refractivity (Wildman–Crippen MR) is 37.3 cm³/mol. The molecule has 0 aromatic rings. The largest absolute Gasteiger partial charge is 0.396 e. The van der Waals surface area contributed by atoms with Gasteiger partial charge in [0.15, 0.2) is 0 Å². The lowest BCUT2D eigenvalue weighted by molar-refractivity contribution is 0.0557. The monoisotopic (exact) mass is 129 g/mol. The molecule has 0 aromatic carbocycles. The van der Waals surface area contributed by atoms with Crippen molar-refractivity contribution in [1.82, 2.24) is 4.90 Å². The molecule has 0 unspecified atom stereocenters. The molecule has 1 fully saturated rings. The molecule has 1 rings (SSSR count). The standard InChI is InChI=1S/C7H15NO/c1-8(2)7-4-3-6(7)5-9/h6-7,9H,3-5H2,1-2H3/t6-,7+/m1/s1. The molecule has 2 nitrogen and oxygen atoms in total. The molecule has 9 heavy (non-hydrogen) atoms. The van der Waals surface area contributed by atoms with Crippen molar-refractivity contribution >= 4 is 0 Å². The van der Waals surface area contributed by atoms with Crippen LogP contribution in [0.2, 0.25) is 0 Å². The smallest absolute Gasteiger partial charge is 0.0474 e. The third-order valence-electron chi connectivity index (χ3n) is 2.28. The highest BCUT2D eigenvalue weighted by atomic mass is 16.3. The summed E-state index contributed by atoms with van der Waals surface area (Å²) in [5.41, 5.74) is 0. The molecule has 2 atom stereocenters. The lowest BCUT2D eigenvalue weighted by Gasteiger charge is -2.39. The van der Waals surface area contributed by atoms with Gasteiger partial charge in [0.05, 0.1) is 0 Å². The summed E-state index contributed by atoms with van der Waals surface area (Å²) in [5, 5.41) is 8.78. The first-order valence-corrected chi connectivity index (χ1v) is 3.53. The van der Waals surface area contributed by atoms with E-state index in [2.05, 4.69) is 19.0 Å². The van der Waals surface area contributed by atoms with Crippen molar-refractivity contribution in [3.05, 3.63) is 0 Å². The Morgan fingerprint density at radius 2 is 2.11 bits per heavy atom. The summed E-state index contributed by atoms with van der Waals surface area (Å²) in [6.45, 7) is 0.364. The van der Waals surface area contributed by atoms with Crippen molar-refractivity contribution in [3.8, 4) is 0 Å². The van der Waals surface area contributed by atoms with Crippen molar-refractivity contribution in [2.24, 2.45) is 5.92 Å². The van der Waals surface area contributed by atoms with E-state index in [1.807, 2.05) is 0 Å². The Kier molecular flexibility index (Phi) is 2.09. The Labute approximate surface area is 56.5 Å². The van der Waals surface area contributed by atoms with Crippen LogP contribution >= 0.6 is 0 Å². The van der Waals surface area contributed by atoms with Gasteiger partial charge in [0.1, 0.15) is 0 Å². The highest BCUT2D eigenvalue weighted by Gasteiger charge is 2.31. The number of rotatable bonds is 2. The Morgan fingerprint density at radius 3 is 2.22 bits per heavy atom. The summed E-state index contributed by atoms with van der Waals surface area (Å²) in [7, 11) is 4.15. The van der Waals surface area contributed by atoms with E-state index < -0.39 is 0 Å². The van der Waals surface area contributed by atoms with Crippen LogP contribution in [0.5, 0.6) is 0 Å². The van der Waals surface area contributed by atoms with Gasteiger partial charge in [-0.3, -0.25) is 0 Å². The zero-order valence-corrected chi connectivity index (χ0v) is 6.17. The molecule has 0 heterocycles. The van der Waals surface area contributed by atoms with Gasteiger partial charge in [-0.25, -0.2) is 0 Å². The fraction of sp³-hybridized carbons (Fsp3) is 1.00. The summed E-state index contributed by atoms with van der Waals surface area (Å²) in [5.74, 6) is 0.556. The van der Waals surface area contributed by atoms with Crippen LogP contribution in [0.25, 0.3) is 0 Å². The molecular formula is C7H15NO. The maximum Gasteiger partial charge on any atom is 0.0474 e. The normalized spacial score (nSPS) is 34.7. The maximum atomic E-state index is 8.78. The first-order chi connectivity index (χ1) is 4.25. The highest BCUT2D eigenvalue weighted by molar-refractivity contribution is 4.85. The van der Waals surface area contributed by atoms with E-state index in [-0.39, 0.29) is 0 Å². The number of hydrogen-bond donors (Lipinski definition) is 1. The van der Waals surface area contributed by atoms with Gasteiger partial charge in [0, 0.05) is 12.6 Å². The molecule has 2 heteroatoms. The summed E-state index contributed by atoms with van der Waals surface area (Å²) in [6, 6.07) is 0.648.